The summed E-state index contributed by atoms with van der Waals surface area (Å²) in [5.41, 5.74) is 0.920. The van der Waals surface area contributed by atoms with Gasteiger partial charge >= 0.3 is 0 Å². The van der Waals surface area contributed by atoms with Crippen LogP contribution in [0.4, 0.5) is 0 Å². The van der Waals surface area contributed by atoms with E-state index in [1.165, 1.54) is 0 Å². The maximum absolute atomic E-state index is 12.4. The van der Waals surface area contributed by atoms with Gasteiger partial charge in [0.25, 0.3) is 0 Å². The Balaban J connectivity index is 1.62. The highest BCUT2D eigenvalue weighted by molar-refractivity contribution is 5.78. The summed E-state index contributed by atoms with van der Waals surface area (Å²) in [6.07, 6.45) is 5.40. The standard InChI is InChI=1S/C16H21N5O2/c1-2-4-14-18-16(20-19-14)13-11-21(7-8-23-13)15(22)9-12-5-3-6-17-10-12/h3,5-6,10,13H,2,4,7-9,11H2,1H3,(H,18,19,20). The highest BCUT2D eigenvalue weighted by Crippen LogP contribution is 2.20. The van der Waals surface area contributed by atoms with Gasteiger partial charge in [-0.05, 0) is 18.1 Å². The molecule has 1 N–H and O–H groups in total. The number of ether oxygens (including phenoxy) is 1. The van der Waals surface area contributed by atoms with Crippen LogP contribution in [0.25, 0.3) is 0 Å². The van der Waals surface area contributed by atoms with Crippen LogP contribution in [0.3, 0.4) is 0 Å². The van der Waals surface area contributed by atoms with Crippen molar-refractivity contribution < 1.29 is 9.53 Å². The molecule has 1 fully saturated rings. The van der Waals surface area contributed by atoms with E-state index in [-0.39, 0.29) is 12.0 Å². The molecular formula is C16H21N5O2. The van der Waals surface area contributed by atoms with Crippen molar-refractivity contribution in [3.05, 3.63) is 41.7 Å². The molecule has 1 atom stereocenters. The van der Waals surface area contributed by atoms with Crippen molar-refractivity contribution in [1.29, 1.82) is 0 Å². The second-order valence-corrected chi connectivity index (χ2v) is 5.63. The molecule has 7 heteroatoms. The minimum atomic E-state index is -0.261. The summed E-state index contributed by atoms with van der Waals surface area (Å²) >= 11 is 0. The van der Waals surface area contributed by atoms with E-state index in [1.807, 2.05) is 17.0 Å². The number of amides is 1. The van der Waals surface area contributed by atoms with Gasteiger partial charge < -0.3 is 9.64 Å². The first-order valence-electron chi connectivity index (χ1n) is 7.95. The zero-order valence-corrected chi connectivity index (χ0v) is 13.2. The summed E-state index contributed by atoms with van der Waals surface area (Å²) in [6.45, 7) is 3.68. The van der Waals surface area contributed by atoms with Gasteiger partial charge in [0.05, 0.1) is 19.6 Å². The zero-order chi connectivity index (χ0) is 16.1. The van der Waals surface area contributed by atoms with Crippen LogP contribution in [-0.2, 0) is 22.4 Å². The van der Waals surface area contributed by atoms with Gasteiger partial charge in [-0.3, -0.25) is 14.9 Å². The number of H-pyrrole nitrogens is 1. The quantitative estimate of drug-likeness (QED) is 0.899. The topological polar surface area (TPSA) is 84.0 Å². The van der Waals surface area contributed by atoms with Crippen molar-refractivity contribution in [2.45, 2.75) is 32.3 Å². The highest BCUT2D eigenvalue weighted by Gasteiger charge is 2.28. The highest BCUT2D eigenvalue weighted by atomic mass is 16.5. The number of carbonyl (C=O) groups is 1. The number of carbonyl (C=O) groups excluding carboxylic acids is 1. The summed E-state index contributed by atoms with van der Waals surface area (Å²) < 4.78 is 5.73. The van der Waals surface area contributed by atoms with Crippen LogP contribution in [0.2, 0.25) is 0 Å². The number of morpholine rings is 1. The molecule has 0 aromatic carbocycles. The number of aromatic amines is 1. The van der Waals surface area contributed by atoms with Gasteiger partial charge in [-0.25, -0.2) is 4.98 Å². The summed E-state index contributed by atoms with van der Waals surface area (Å²) in [5, 5.41) is 7.16. The van der Waals surface area contributed by atoms with Crippen LogP contribution >= 0.6 is 0 Å². The molecule has 2 aromatic rings. The maximum atomic E-state index is 12.4. The largest absolute Gasteiger partial charge is 0.366 e. The number of hydrogen-bond acceptors (Lipinski definition) is 5. The van der Waals surface area contributed by atoms with Crippen molar-refractivity contribution in [3.8, 4) is 0 Å². The van der Waals surface area contributed by atoms with E-state index in [9.17, 15) is 4.79 Å². The molecule has 2 aromatic heterocycles. The summed E-state index contributed by atoms with van der Waals surface area (Å²) in [6, 6.07) is 3.75. The minimum absolute atomic E-state index is 0.0793. The molecule has 0 aliphatic carbocycles. The average Bonchev–Trinajstić information content (AvgIpc) is 3.05. The van der Waals surface area contributed by atoms with Gasteiger partial charge in [0.1, 0.15) is 11.9 Å². The molecule has 1 saturated heterocycles. The van der Waals surface area contributed by atoms with Gasteiger partial charge in [0.15, 0.2) is 5.82 Å². The van der Waals surface area contributed by atoms with Gasteiger partial charge in [0.2, 0.25) is 5.91 Å². The molecular weight excluding hydrogens is 294 g/mol. The zero-order valence-electron chi connectivity index (χ0n) is 13.2. The second-order valence-electron chi connectivity index (χ2n) is 5.63. The molecule has 23 heavy (non-hydrogen) atoms. The number of aromatic nitrogens is 4. The molecule has 0 saturated carbocycles. The third-order valence-electron chi connectivity index (χ3n) is 3.82. The molecule has 1 aliphatic rings. The molecule has 1 unspecified atom stereocenters. The second kappa shape index (κ2) is 7.32. The van der Waals surface area contributed by atoms with Crippen LogP contribution in [0, 0.1) is 0 Å². The third-order valence-corrected chi connectivity index (χ3v) is 3.82. The van der Waals surface area contributed by atoms with Gasteiger partial charge in [-0.1, -0.05) is 13.0 Å². The molecule has 122 valence electrons. The molecule has 3 heterocycles. The van der Waals surface area contributed by atoms with Gasteiger partial charge in [-0.15, -0.1) is 0 Å². The maximum Gasteiger partial charge on any atom is 0.227 e. The molecule has 0 bridgehead atoms. The Hall–Kier alpha value is -2.28. The molecule has 0 radical (unpaired) electrons. The van der Waals surface area contributed by atoms with Crippen molar-refractivity contribution in [1.82, 2.24) is 25.1 Å². The third kappa shape index (κ3) is 3.92. The molecule has 1 amide bonds. The molecule has 3 rings (SSSR count). The normalized spacial score (nSPS) is 18.1. The van der Waals surface area contributed by atoms with Crippen molar-refractivity contribution in [2.75, 3.05) is 19.7 Å². The lowest BCUT2D eigenvalue weighted by Crippen LogP contribution is -2.43. The summed E-state index contributed by atoms with van der Waals surface area (Å²) in [4.78, 5) is 22.8. The van der Waals surface area contributed by atoms with E-state index in [4.69, 9.17) is 4.74 Å². The van der Waals surface area contributed by atoms with Crippen LogP contribution in [0.15, 0.2) is 24.5 Å². The Morgan fingerprint density at radius 1 is 1.52 bits per heavy atom. The van der Waals surface area contributed by atoms with E-state index >= 15 is 0 Å². The smallest absolute Gasteiger partial charge is 0.227 e. The molecule has 7 nitrogen and oxygen atoms in total. The van der Waals surface area contributed by atoms with E-state index in [2.05, 4.69) is 27.1 Å². The van der Waals surface area contributed by atoms with Crippen molar-refractivity contribution in [3.63, 3.8) is 0 Å². The van der Waals surface area contributed by atoms with E-state index < -0.39 is 0 Å². The van der Waals surface area contributed by atoms with Crippen molar-refractivity contribution >= 4 is 5.91 Å². The van der Waals surface area contributed by atoms with Crippen molar-refractivity contribution in [2.24, 2.45) is 0 Å². The minimum Gasteiger partial charge on any atom is -0.366 e. The Morgan fingerprint density at radius 2 is 2.43 bits per heavy atom. The first kappa shape index (κ1) is 15.6. The number of rotatable bonds is 5. The van der Waals surface area contributed by atoms with Crippen LogP contribution in [0.1, 0.15) is 36.7 Å². The predicted molar refractivity (Wildman–Crippen MR) is 83.6 cm³/mol. The lowest BCUT2D eigenvalue weighted by molar-refractivity contribution is -0.138. The number of pyridine rings is 1. The van der Waals surface area contributed by atoms with Crippen LogP contribution in [-0.4, -0.2) is 50.7 Å². The monoisotopic (exact) mass is 315 g/mol. The number of nitrogens with zero attached hydrogens (tertiary/aromatic N) is 4. The van der Waals surface area contributed by atoms with E-state index in [0.29, 0.717) is 31.9 Å². The SMILES string of the molecule is CCCc1nc(C2CN(C(=O)Cc3cccnc3)CCO2)n[nH]1. The lowest BCUT2D eigenvalue weighted by Gasteiger charge is -2.31. The van der Waals surface area contributed by atoms with E-state index in [1.54, 1.807) is 12.4 Å². The Labute approximate surface area is 135 Å². The fraction of sp³-hybridized carbons (Fsp3) is 0.500. The fourth-order valence-electron chi connectivity index (χ4n) is 2.62. The van der Waals surface area contributed by atoms with Crippen LogP contribution in [0.5, 0.6) is 0 Å². The van der Waals surface area contributed by atoms with Crippen LogP contribution < -0.4 is 0 Å². The van der Waals surface area contributed by atoms with E-state index in [0.717, 1.165) is 24.2 Å². The first-order valence-corrected chi connectivity index (χ1v) is 7.95. The first-order chi connectivity index (χ1) is 11.3. The molecule has 1 aliphatic heterocycles. The number of nitrogens with one attached hydrogen (secondary N) is 1. The Kier molecular flexibility index (Phi) is 4.97. The average molecular weight is 315 g/mol. The fourth-order valence-corrected chi connectivity index (χ4v) is 2.62. The lowest BCUT2D eigenvalue weighted by atomic mass is 10.1. The predicted octanol–water partition coefficient (Wildman–Crippen LogP) is 1.29. The Morgan fingerprint density at radius 3 is 3.22 bits per heavy atom. The Bertz CT molecular complexity index is 643. The summed E-state index contributed by atoms with van der Waals surface area (Å²) in [7, 11) is 0. The van der Waals surface area contributed by atoms with Gasteiger partial charge in [-0.2, -0.15) is 5.10 Å². The van der Waals surface area contributed by atoms with Gasteiger partial charge in [0, 0.05) is 25.4 Å². The summed E-state index contributed by atoms with van der Waals surface area (Å²) in [5.74, 6) is 1.58. The number of hydrogen-bond donors (Lipinski definition) is 1. The number of aryl methyl sites for hydroxylation is 1. The molecule has 0 spiro atoms.